The van der Waals surface area contributed by atoms with Crippen LogP contribution in [-0.4, -0.2) is 41.4 Å². The largest absolute Gasteiger partial charge is 0.324 e. The first-order valence-electron chi connectivity index (χ1n) is 9.17. The second kappa shape index (κ2) is 7.75. The van der Waals surface area contributed by atoms with Crippen LogP contribution in [0.2, 0.25) is 0 Å². The second-order valence-corrected chi connectivity index (χ2v) is 7.69. The third-order valence-corrected chi connectivity index (χ3v) is 5.42. The molecule has 2 heterocycles. The summed E-state index contributed by atoms with van der Waals surface area (Å²) in [6.45, 7) is 1.85. The number of hydrogen-bond acceptors (Lipinski definition) is 6. The molecule has 3 amide bonds. The molecule has 2 aromatic rings. The molecular weight excluding hydrogens is 438 g/mol. The van der Waals surface area contributed by atoms with Gasteiger partial charge in [-0.2, -0.15) is 5.11 Å². The molecule has 0 bridgehead atoms. The van der Waals surface area contributed by atoms with Crippen molar-refractivity contribution in [3.05, 3.63) is 58.6 Å². The zero-order valence-electron chi connectivity index (χ0n) is 15.6. The molecule has 0 radical (unpaired) electrons. The van der Waals surface area contributed by atoms with Crippen LogP contribution in [0.25, 0.3) is 0 Å². The lowest BCUT2D eigenvalue weighted by Gasteiger charge is -2.20. The Morgan fingerprint density at radius 3 is 2.41 bits per heavy atom. The van der Waals surface area contributed by atoms with Gasteiger partial charge >= 0.3 is 0 Å². The number of fused-ring (bicyclic) bond motifs is 1. The minimum Gasteiger partial charge on any atom is -0.324 e. The van der Waals surface area contributed by atoms with Gasteiger partial charge in [-0.25, -0.2) is 4.90 Å². The summed E-state index contributed by atoms with van der Waals surface area (Å²) in [5, 5.41) is 11.9. The summed E-state index contributed by atoms with van der Waals surface area (Å²) in [4.78, 5) is 39.2. The maximum atomic E-state index is 12.9. The molecule has 8 nitrogen and oxygen atoms in total. The lowest BCUT2D eigenvalue weighted by atomic mass is 10.1. The third kappa shape index (κ3) is 3.65. The first-order valence-corrected chi connectivity index (χ1v) is 9.97. The summed E-state index contributed by atoms with van der Waals surface area (Å²) >= 11 is 3.34. The maximum Gasteiger partial charge on any atom is 0.263 e. The van der Waals surface area contributed by atoms with Gasteiger partial charge < -0.3 is 5.32 Å². The monoisotopic (exact) mass is 455 g/mol. The molecule has 1 fully saturated rings. The van der Waals surface area contributed by atoms with Crippen LogP contribution in [-0.2, 0) is 20.8 Å². The Morgan fingerprint density at radius 1 is 1.07 bits per heavy atom. The highest BCUT2D eigenvalue weighted by molar-refractivity contribution is 9.10. The zero-order valence-corrected chi connectivity index (χ0v) is 17.2. The van der Waals surface area contributed by atoms with Crippen LogP contribution in [0, 0.1) is 0 Å². The first kappa shape index (κ1) is 19.3. The molecule has 9 heteroatoms. The quantitative estimate of drug-likeness (QED) is 0.701. The Morgan fingerprint density at radius 2 is 1.76 bits per heavy atom. The molecule has 0 saturated carbocycles. The predicted molar refractivity (Wildman–Crippen MR) is 110 cm³/mol. The Labute approximate surface area is 175 Å². The first-order chi connectivity index (χ1) is 14.0. The number of imide groups is 1. The number of rotatable bonds is 5. The maximum absolute atomic E-state index is 12.9. The highest BCUT2D eigenvalue weighted by Crippen LogP contribution is 2.32. The zero-order chi connectivity index (χ0) is 20.5. The van der Waals surface area contributed by atoms with Gasteiger partial charge in [-0.1, -0.05) is 40.2 Å². The minimum absolute atomic E-state index is 0.178. The molecule has 0 aromatic heterocycles. The SMILES string of the molecule is CCc1ccc(N2C(=O)[C@@H]3N=NN(CC(=O)Nc4ccc(Br)cc4)[C@H]3C2=O)cc1. The number of anilines is 2. The molecule has 148 valence electrons. The molecule has 2 atom stereocenters. The summed E-state index contributed by atoms with van der Waals surface area (Å²) in [7, 11) is 0. The molecule has 2 aromatic carbocycles. The van der Waals surface area contributed by atoms with Crippen molar-refractivity contribution in [3.63, 3.8) is 0 Å². The molecule has 0 aliphatic carbocycles. The summed E-state index contributed by atoms with van der Waals surface area (Å²) in [6, 6.07) is 12.6. The van der Waals surface area contributed by atoms with Crippen LogP contribution < -0.4 is 10.2 Å². The van der Waals surface area contributed by atoms with Crippen LogP contribution in [0.4, 0.5) is 11.4 Å². The van der Waals surface area contributed by atoms with Gasteiger partial charge in [0.15, 0.2) is 12.1 Å². The van der Waals surface area contributed by atoms with Crippen molar-refractivity contribution in [2.45, 2.75) is 25.4 Å². The lowest BCUT2D eigenvalue weighted by molar-refractivity contribution is -0.123. The molecule has 0 unspecified atom stereocenters. The van der Waals surface area contributed by atoms with E-state index >= 15 is 0 Å². The Balaban J connectivity index is 1.47. The fraction of sp³-hybridized carbons (Fsp3) is 0.250. The van der Waals surface area contributed by atoms with E-state index in [1.807, 2.05) is 31.2 Å². The number of aryl methyl sites for hydroxylation is 1. The normalized spacial score (nSPS) is 20.3. The minimum atomic E-state index is -0.922. The van der Waals surface area contributed by atoms with Gasteiger partial charge in [0.2, 0.25) is 5.91 Å². The van der Waals surface area contributed by atoms with Crippen molar-refractivity contribution in [1.29, 1.82) is 0 Å². The van der Waals surface area contributed by atoms with E-state index in [2.05, 4.69) is 31.6 Å². The molecule has 1 N–H and O–H groups in total. The molecule has 29 heavy (non-hydrogen) atoms. The van der Waals surface area contributed by atoms with Gasteiger partial charge in [-0.05, 0) is 48.4 Å². The van der Waals surface area contributed by atoms with E-state index in [0.717, 1.165) is 21.4 Å². The van der Waals surface area contributed by atoms with Gasteiger partial charge in [0.05, 0.1) is 5.69 Å². The van der Waals surface area contributed by atoms with E-state index in [1.165, 1.54) is 5.01 Å². The average molecular weight is 456 g/mol. The number of nitrogens with one attached hydrogen (secondary N) is 1. The third-order valence-electron chi connectivity index (χ3n) is 4.89. The average Bonchev–Trinajstić information content (AvgIpc) is 3.23. The van der Waals surface area contributed by atoms with Crippen LogP contribution in [0.15, 0.2) is 63.3 Å². The summed E-state index contributed by atoms with van der Waals surface area (Å²) < 4.78 is 0.897. The lowest BCUT2D eigenvalue weighted by Crippen LogP contribution is -2.43. The van der Waals surface area contributed by atoms with Gasteiger partial charge in [-0.15, -0.1) is 0 Å². The van der Waals surface area contributed by atoms with Gasteiger partial charge in [-0.3, -0.25) is 19.4 Å². The molecule has 0 spiro atoms. The fourth-order valence-corrected chi connectivity index (χ4v) is 3.63. The van der Waals surface area contributed by atoms with Crippen molar-refractivity contribution in [2.75, 3.05) is 16.8 Å². The number of carbonyl (C=O) groups is 3. The topological polar surface area (TPSA) is 94.4 Å². The Bertz CT molecular complexity index is 990. The van der Waals surface area contributed by atoms with Crippen LogP contribution in [0.5, 0.6) is 0 Å². The van der Waals surface area contributed by atoms with E-state index in [0.29, 0.717) is 11.4 Å². The summed E-state index contributed by atoms with van der Waals surface area (Å²) in [5.41, 5.74) is 2.23. The van der Waals surface area contributed by atoms with Crippen molar-refractivity contribution in [3.8, 4) is 0 Å². The van der Waals surface area contributed by atoms with Gasteiger partial charge in [0.25, 0.3) is 11.8 Å². The smallest absolute Gasteiger partial charge is 0.263 e. The highest BCUT2D eigenvalue weighted by atomic mass is 79.9. The van der Waals surface area contributed by atoms with Crippen LogP contribution >= 0.6 is 15.9 Å². The highest BCUT2D eigenvalue weighted by Gasteiger charge is 2.55. The van der Waals surface area contributed by atoms with E-state index < -0.39 is 23.9 Å². The number of benzene rings is 2. The van der Waals surface area contributed by atoms with Crippen molar-refractivity contribution in [2.24, 2.45) is 10.3 Å². The summed E-state index contributed by atoms with van der Waals surface area (Å²) in [5.74, 6) is -1.20. The van der Waals surface area contributed by atoms with E-state index in [-0.39, 0.29) is 12.5 Å². The van der Waals surface area contributed by atoms with Gasteiger partial charge in [0.1, 0.15) is 6.54 Å². The van der Waals surface area contributed by atoms with Crippen molar-refractivity contribution < 1.29 is 14.4 Å². The number of carbonyl (C=O) groups excluding carboxylic acids is 3. The summed E-state index contributed by atoms with van der Waals surface area (Å²) in [6.07, 6.45) is 0.864. The molecule has 4 rings (SSSR count). The van der Waals surface area contributed by atoms with Crippen LogP contribution in [0.1, 0.15) is 12.5 Å². The van der Waals surface area contributed by atoms with Crippen molar-refractivity contribution >= 4 is 45.0 Å². The Hall–Kier alpha value is -3.07. The molecule has 2 aliphatic heterocycles. The number of nitrogens with zero attached hydrogens (tertiary/aromatic N) is 4. The van der Waals surface area contributed by atoms with Crippen molar-refractivity contribution in [1.82, 2.24) is 5.01 Å². The standard InChI is InChI=1S/C20H18BrN5O3/c1-2-12-3-9-15(10-4-12)26-19(28)17-18(20(26)29)25(24-23-17)11-16(27)22-14-7-5-13(21)6-8-14/h3-10,17-18H,2,11H2,1H3,(H,22,27)/t17-,18-/m1/s1. The Kier molecular flexibility index (Phi) is 5.14. The molecular formula is C20H18BrN5O3. The number of halogens is 1. The van der Waals surface area contributed by atoms with E-state index in [1.54, 1.807) is 24.3 Å². The number of hydrogen-bond donors (Lipinski definition) is 1. The second-order valence-electron chi connectivity index (χ2n) is 6.78. The van der Waals surface area contributed by atoms with E-state index in [9.17, 15) is 14.4 Å². The predicted octanol–water partition coefficient (Wildman–Crippen LogP) is 2.94. The van der Waals surface area contributed by atoms with Gasteiger partial charge in [0, 0.05) is 10.2 Å². The van der Waals surface area contributed by atoms with E-state index in [4.69, 9.17) is 0 Å². The van der Waals surface area contributed by atoms with Crippen LogP contribution in [0.3, 0.4) is 0 Å². The number of amides is 3. The fourth-order valence-electron chi connectivity index (χ4n) is 3.37. The molecule has 2 aliphatic rings. The molecule has 1 saturated heterocycles.